The van der Waals surface area contributed by atoms with Gasteiger partial charge >= 0.3 is 0 Å². The summed E-state index contributed by atoms with van der Waals surface area (Å²) in [4.78, 5) is 22.6. The first-order valence-corrected chi connectivity index (χ1v) is 11.0. The molecule has 1 aliphatic heterocycles. The number of halogens is 2. The minimum atomic E-state index is -0.301. The number of carbonyl (C=O) groups excluding carboxylic acids is 1. The van der Waals surface area contributed by atoms with Crippen molar-refractivity contribution in [2.45, 2.75) is 13.0 Å². The van der Waals surface area contributed by atoms with Crippen LogP contribution in [-0.2, 0) is 4.79 Å². The number of aromatic nitrogens is 2. The highest BCUT2D eigenvalue weighted by atomic mass is 35.5. The third kappa shape index (κ3) is 4.37. The molecule has 1 saturated heterocycles. The van der Waals surface area contributed by atoms with Gasteiger partial charge < -0.3 is 19.7 Å². The Kier molecular flexibility index (Phi) is 6.50. The third-order valence-electron chi connectivity index (χ3n) is 5.78. The number of hydrogen-bond donors (Lipinski definition) is 1. The van der Waals surface area contributed by atoms with Gasteiger partial charge in [-0.3, -0.25) is 4.79 Å². The van der Waals surface area contributed by atoms with Crippen LogP contribution in [0, 0.1) is 18.3 Å². The SMILES string of the molecule is C#CC(=O)N1C[C@@H](C)[C@H](Nc2ncc3cc(-c4c(Cl)c(OC)cc(OC)c4Cl)ccc3n2)C1. The molecule has 2 heterocycles. The number of nitrogens with zero attached hydrogens (tertiary/aromatic N) is 3. The van der Waals surface area contributed by atoms with E-state index in [9.17, 15) is 4.79 Å². The van der Waals surface area contributed by atoms with Crippen molar-refractivity contribution in [2.24, 2.45) is 5.92 Å². The molecule has 1 fully saturated rings. The Bertz CT molecular complexity index is 1250. The highest BCUT2D eigenvalue weighted by Gasteiger charge is 2.32. The molecule has 0 saturated carbocycles. The van der Waals surface area contributed by atoms with Gasteiger partial charge in [-0.25, -0.2) is 9.97 Å². The zero-order valence-electron chi connectivity index (χ0n) is 18.4. The highest BCUT2D eigenvalue weighted by molar-refractivity contribution is 6.41. The summed E-state index contributed by atoms with van der Waals surface area (Å²) in [5.41, 5.74) is 2.14. The summed E-state index contributed by atoms with van der Waals surface area (Å²) in [6, 6.07) is 7.34. The molecule has 4 rings (SSSR count). The van der Waals surface area contributed by atoms with Crippen molar-refractivity contribution >= 4 is 46.0 Å². The number of fused-ring (bicyclic) bond motifs is 1. The Hall–Kier alpha value is -3.21. The van der Waals surface area contributed by atoms with Gasteiger partial charge in [0.15, 0.2) is 0 Å². The van der Waals surface area contributed by atoms with E-state index < -0.39 is 0 Å². The van der Waals surface area contributed by atoms with Crippen LogP contribution in [0.4, 0.5) is 5.95 Å². The summed E-state index contributed by atoms with van der Waals surface area (Å²) < 4.78 is 10.7. The van der Waals surface area contributed by atoms with E-state index in [1.54, 1.807) is 17.2 Å². The van der Waals surface area contributed by atoms with Gasteiger partial charge in [-0.05, 0) is 29.5 Å². The molecule has 7 nitrogen and oxygen atoms in total. The number of carbonyl (C=O) groups is 1. The molecule has 9 heteroatoms. The zero-order chi connectivity index (χ0) is 23.7. The molecular weight excluding hydrogens is 463 g/mol. The van der Waals surface area contributed by atoms with Crippen molar-refractivity contribution in [3.8, 4) is 35.0 Å². The first-order chi connectivity index (χ1) is 15.9. The average molecular weight is 485 g/mol. The normalized spacial score (nSPS) is 17.6. The fourth-order valence-corrected chi connectivity index (χ4v) is 4.69. The summed E-state index contributed by atoms with van der Waals surface area (Å²) in [7, 11) is 3.07. The largest absolute Gasteiger partial charge is 0.495 e. The molecular formula is C24H22Cl2N4O3. The van der Waals surface area contributed by atoms with Gasteiger partial charge in [0.1, 0.15) is 11.5 Å². The number of amides is 1. The number of terminal acetylenes is 1. The quantitative estimate of drug-likeness (QED) is 0.536. The minimum absolute atomic E-state index is 0.0147. The zero-order valence-corrected chi connectivity index (χ0v) is 19.9. The van der Waals surface area contributed by atoms with Crippen LogP contribution < -0.4 is 14.8 Å². The van der Waals surface area contributed by atoms with Crippen LogP contribution in [0.15, 0.2) is 30.5 Å². The predicted molar refractivity (Wildman–Crippen MR) is 130 cm³/mol. The summed E-state index contributed by atoms with van der Waals surface area (Å²) in [5.74, 6) is 3.50. The second kappa shape index (κ2) is 9.34. The molecule has 3 aromatic rings. The van der Waals surface area contributed by atoms with E-state index in [1.807, 2.05) is 18.2 Å². The van der Waals surface area contributed by atoms with E-state index in [0.29, 0.717) is 46.1 Å². The van der Waals surface area contributed by atoms with Crippen LogP contribution >= 0.6 is 23.2 Å². The summed E-state index contributed by atoms with van der Waals surface area (Å²) in [5, 5.41) is 4.93. The lowest BCUT2D eigenvalue weighted by Crippen LogP contribution is -2.31. The van der Waals surface area contributed by atoms with Crippen molar-refractivity contribution in [3.05, 3.63) is 40.5 Å². The van der Waals surface area contributed by atoms with Gasteiger partial charge in [-0.2, -0.15) is 0 Å². The summed E-state index contributed by atoms with van der Waals surface area (Å²) in [6.07, 6.45) is 6.98. The second-order valence-electron chi connectivity index (χ2n) is 7.83. The molecule has 1 aliphatic rings. The molecule has 2 aromatic carbocycles. The molecule has 0 radical (unpaired) electrons. The number of ether oxygens (including phenoxy) is 2. The fourth-order valence-electron chi connectivity index (χ4n) is 3.98. The Morgan fingerprint density at radius 2 is 1.88 bits per heavy atom. The van der Waals surface area contributed by atoms with Gasteiger partial charge in [0.2, 0.25) is 5.95 Å². The lowest BCUT2D eigenvalue weighted by Gasteiger charge is -2.17. The lowest BCUT2D eigenvalue weighted by molar-refractivity contribution is -0.124. The highest BCUT2D eigenvalue weighted by Crippen LogP contribution is 2.46. The lowest BCUT2D eigenvalue weighted by atomic mass is 10.0. The van der Waals surface area contributed by atoms with Crippen LogP contribution in [0.3, 0.4) is 0 Å². The Morgan fingerprint density at radius 1 is 1.18 bits per heavy atom. The molecule has 0 unspecified atom stereocenters. The molecule has 1 N–H and O–H groups in total. The third-order valence-corrected chi connectivity index (χ3v) is 6.53. The van der Waals surface area contributed by atoms with Gasteiger partial charge in [0.05, 0.1) is 35.8 Å². The molecule has 0 aliphatic carbocycles. The number of rotatable bonds is 5. The second-order valence-corrected chi connectivity index (χ2v) is 8.59. The van der Waals surface area contributed by atoms with Crippen molar-refractivity contribution in [3.63, 3.8) is 0 Å². The molecule has 170 valence electrons. The van der Waals surface area contributed by atoms with Gasteiger partial charge in [-0.1, -0.05) is 36.2 Å². The standard InChI is InChI=1S/C24H22Cl2N4O3/c1-5-20(31)30-11-13(2)17(12-30)29-24-27-10-15-8-14(6-7-16(15)28-24)21-22(25)18(32-3)9-19(33-4)23(21)26/h1,6-10,13,17H,11-12H2,2-4H3,(H,27,28,29)/t13-,17-/m1/s1. The molecule has 0 spiro atoms. The first kappa shape index (κ1) is 23.0. The fraction of sp³-hybridized carbons (Fsp3) is 0.292. The van der Waals surface area contributed by atoms with Gasteiger partial charge in [0.25, 0.3) is 5.91 Å². The maximum Gasteiger partial charge on any atom is 0.298 e. The van der Waals surface area contributed by atoms with E-state index in [4.69, 9.17) is 39.1 Å². The maximum absolute atomic E-state index is 11.8. The van der Waals surface area contributed by atoms with Crippen molar-refractivity contribution < 1.29 is 14.3 Å². The minimum Gasteiger partial charge on any atom is -0.495 e. The van der Waals surface area contributed by atoms with E-state index in [1.165, 1.54) is 14.2 Å². The molecule has 0 bridgehead atoms. The topological polar surface area (TPSA) is 76.6 Å². The molecule has 1 aromatic heterocycles. The van der Waals surface area contributed by atoms with Gasteiger partial charge in [0, 0.05) is 36.3 Å². The first-order valence-electron chi connectivity index (χ1n) is 10.3. The summed E-state index contributed by atoms with van der Waals surface area (Å²) >= 11 is 13.1. The van der Waals surface area contributed by atoms with E-state index >= 15 is 0 Å². The molecule has 2 atom stereocenters. The van der Waals surface area contributed by atoms with Crippen LogP contribution in [0.1, 0.15) is 6.92 Å². The average Bonchev–Trinajstić information content (AvgIpc) is 3.18. The Labute approximate surface area is 202 Å². The Balaban J connectivity index is 1.64. The number of likely N-dealkylation sites (tertiary alicyclic amines) is 1. The molecule has 1 amide bonds. The van der Waals surface area contributed by atoms with E-state index in [2.05, 4.69) is 28.1 Å². The number of anilines is 1. The smallest absolute Gasteiger partial charge is 0.298 e. The van der Waals surface area contributed by atoms with Crippen molar-refractivity contribution in [1.82, 2.24) is 14.9 Å². The van der Waals surface area contributed by atoms with Crippen LogP contribution in [0.25, 0.3) is 22.0 Å². The van der Waals surface area contributed by atoms with Crippen LogP contribution in [0.2, 0.25) is 10.0 Å². The van der Waals surface area contributed by atoms with E-state index in [-0.39, 0.29) is 17.9 Å². The maximum atomic E-state index is 11.8. The number of hydrogen-bond acceptors (Lipinski definition) is 6. The van der Waals surface area contributed by atoms with Crippen molar-refractivity contribution in [2.75, 3.05) is 32.6 Å². The number of nitrogens with one attached hydrogen (secondary N) is 1. The van der Waals surface area contributed by atoms with Crippen LogP contribution in [-0.4, -0.2) is 54.1 Å². The van der Waals surface area contributed by atoms with Crippen LogP contribution in [0.5, 0.6) is 11.5 Å². The number of methoxy groups -OCH3 is 2. The Morgan fingerprint density at radius 3 is 2.52 bits per heavy atom. The number of benzene rings is 2. The van der Waals surface area contributed by atoms with Gasteiger partial charge in [-0.15, -0.1) is 6.42 Å². The predicted octanol–water partition coefficient (Wildman–Crippen LogP) is 4.51. The van der Waals surface area contributed by atoms with Crippen molar-refractivity contribution in [1.29, 1.82) is 0 Å². The summed E-state index contributed by atoms with van der Waals surface area (Å²) in [6.45, 7) is 3.17. The monoisotopic (exact) mass is 484 g/mol. The van der Waals surface area contributed by atoms with E-state index in [0.717, 1.165) is 16.5 Å². The molecule has 33 heavy (non-hydrogen) atoms.